The van der Waals surface area contributed by atoms with E-state index >= 15 is 0 Å². The van der Waals surface area contributed by atoms with Gasteiger partial charge in [-0.3, -0.25) is 4.68 Å². The van der Waals surface area contributed by atoms with Crippen molar-refractivity contribution in [2.75, 3.05) is 17.2 Å². The summed E-state index contributed by atoms with van der Waals surface area (Å²) in [6, 6.07) is 2.34. The van der Waals surface area contributed by atoms with Crippen molar-refractivity contribution < 1.29 is 0 Å². The van der Waals surface area contributed by atoms with Crippen LogP contribution in [0, 0.1) is 20.8 Å². The number of nitrogens with zero attached hydrogens (tertiary/aromatic N) is 5. The maximum atomic E-state index is 5.81. The van der Waals surface area contributed by atoms with E-state index in [2.05, 4.69) is 33.8 Å². The van der Waals surface area contributed by atoms with Crippen LogP contribution in [-0.2, 0) is 7.05 Å². The Bertz CT molecular complexity index is 655. The fourth-order valence-electron chi connectivity index (χ4n) is 3.33. The number of hydrogen-bond acceptors (Lipinski definition) is 5. The Morgan fingerprint density at radius 1 is 1.24 bits per heavy atom. The van der Waals surface area contributed by atoms with Crippen molar-refractivity contribution in [1.82, 2.24) is 19.7 Å². The van der Waals surface area contributed by atoms with Gasteiger partial charge in [0.05, 0.1) is 11.7 Å². The summed E-state index contributed by atoms with van der Waals surface area (Å²) < 4.78 is 1.96. The molecule has 0 amide bonds. The minimum atomic E-state index is 0.326. The Kier molecular flexibility index (Phi) is 3.31. The van der Waals surface area contributed by atoms with Crippen LogP contribution in [0.5, 0.6) is 0 Å². The Labute approximate surface area is 125 Å². The molecule has 6 heteroatoms. The van der Waals surface area contributed by atoms with E-state index in [1.54, 1.807) is 0 Å². The maximum Gasteiger partial charge on any atom is 0.222 e. The summed E-state index contributed by atoms with van der Waals surface area (Å²) in [7, 11) is 2.00. The molecule has 112 valence electrons. The van der Waals surface area contributed by atoms with Crippen LogP contribution in [0.2, 0.25) is 0 Å². The van der Waals surface area contributed by atoms with E-state index in [0.717, 1.165) is 36.6 Å². The van der Waals surface area contributed by atoms with Gasteiger partial charge in [0.15, 0.2) is 0 Å². The van der Waals surface area contributed by atoms with Crippen molar-refractivity contribution in [2.45, 2.75) is 39.7 Å². The average molecular weight is 286 g/mol. The molecule has 0 bridgehead atoms. The maximum absolute atomic E-state index is 5.81. The lowest BCUT2D eigenvalue weighted by Crippen LogP contribution is -2.25. The van der Waals surface area contributed by atoms with Crippen molar-refractivity contribution in [1.29, 1.82) is 0 Å². The van der Waals surface area contributed by atoms with Gasteiger partial charge in [-0.1, -0.05) is 0 Å². The lowest BCUT2D eigenvalue weighted by molar-refractivity contribution is 0.693. The van der Waals surface area contributed by atoms with Gasteiger partial charge in [-0.25, -0.2) is 4.98 Å². The van der Waals surface area contributed by atoms with E-state index in [4.69, 9.17) is 5.73 Å². The van der Waals surface area contributed by atoms with Gasteiger partial charge >= 0.3 is 0 Å². The summed E-state index contributed by atoms with van der Waals surface area (Å²) in [6.45, 7) is 7.16. The summed E-state index contributed by atoms with van der Waals surface area (Å²) in [6.07, 6.45) is 2.28. The van der Waals surface area contributed by atoms with Gasteiger partial charge in [-0.2, -0.15) is 10.1 Å². The average Bonchev–Trinajstić information content (AvgIpc) is 2.94. The number of rotatable bonds is 2. The van der Waals surface area contributed by atoms with Crippen LogP contribution in [-0.4, -0.2) is 26.3 Å². The Balaban J connectivity index is 2.03. The van der Waals surface area contributed by atoms with Crippen molar-refractivity contribution in [3.05, 3.63) is 28.7 Å². The molecule has 2 aromatic rings. The van der Waals surface area contributed by atoms with Crippen LogP contribution < -0.4 is 10.6 Å². The van der Waals surface area contributed by atoms with Crippen molar-refractivity contribution in [3.63, 3.8) is 0 Å². The third-order valence-corrected chi connectivity index (χ3v) is 4.30. The molecule has 1 fully saturated rings. The third-order valence-electron chi connectivity index (χ3n) is 4.30. The second-order valence-corrected chi connectivity index (χ2v) is 5.79. The molecule has 0 aromatic carbocycles. The van der Waals surface area contributed by atoms with Gasteiger partial charge in [0.1, 0.15) is 5.82 Å². The van der Waals surface area contributed by atoms with Gasteiger partial charge < -0.3 is 10.6 Å². The highest BCUT2D eigenvalue weighted by atomic mass is 15.3. The van der Waals surface area contributed by atoms with Crippen LogP contribution in [0.15, 0.2) is 6.07 Å². The zero-order valence-corrected chi connectivity index (χ0v) is 13.1. The minimum Gasteiger partial charge on any atom is -0.368 e. The second kappa shape index (κ2) is 5.02. The lowest BCUT2D eigenvalue weighted by atomic mass is 10.0. The Morgan fingerprint density at radius 2 is 2.00 bits per heavy atom. The third kappa shape index (κ3) is 2.34. The second-order valence-electron chi connectivity index (χ2n) is 5.79. The highest BCUT2D eigenvalue weighted by Crippen LogP contribution is 2.38. The van der Waals surface area contributed by atoms with Gasteiger partial charge in [-0.05, 0) is 33.6 Å². The highest BCUT2D eigenvalue weighted by Gasteiger charge is 2.31. The molecule has 0 spiro atoms. The molecule has 0 aliphatic carbocycles. The monoisotopic (exact) mass is 286 g/mol. The molecule has 1 atom stereocenters. The van der Waals surface area contributed by atoms with Crippen LogP contribution in [0.1, 0.15) is 41.5 Å². The molecule has 1 aliphatic rings. The molecule has 0 unspecified atom stereocenters. The molecule has 2 N–H and O–H groups in total. The molecule has 2 aromatic heterocycles. The largest absolute Gasteiger partial charge is 0.368 e. The molecule has 6 nitrogen and oxygen atoms in total. The van der Waals surface area contributed by atoms with Gasteiger partial charge in [0.2, 0.25) is 5.95 Å². The fourth-order valence-corrected chi connectivity index (χ4v) is 3.33. The van der Waals surface area contributed by atoms with E-state index in [0.29, 0.717) is 12.0 Å². The van der Waals surface area contributed by atoms with Gasteiger partial charge in [-0.15, -0.1) is 0 Å². The SMILES string of the molecule is Cc1cc(N2CCC[C@@H]2c2c(C)nn(C)c2C)nc(N)n1. The lowest BCUT2D eigenvalue weighted by Gasteiger charge is -2.26. The van der Waals surface area contributed by atoms with Crippen LogP contribution in [0.25, 0.3) is 0 Å². The molecule has 1 aliphatic heterocycles. The summed E-state index contributed by atoms with van der Waals surface area (Å²) in [5.41, 5.74) is 10.4. The number of hydrogen-bond donors (Lipinski definition) is 1. The molecule has 3 rings (SSSR count). The number of aromatic nitrogens is 4. The zero-order valence-electron chi connectivity index (χ0n) is 13.1. The van der Waals surface area contributed by atoms with E-state index in [-0.39, 0.29) is 0 Å². The van der Waals surface area contributed by atoms with Gasteiger partial charge in [0.25, 0.3) is 0 Å². The first-order valence-corrected chi connectivity index (χ1v) is 7.35. The van der Waals surface area contributed by atoms with Crippen LogP contribution in [0.4, 0.5) is 11.8 Å². The first kappa shape index (κ1) is 13.9. The van der Waals surface area contributed by atoms with E-state index < -0.39 is 0 Å². The van der Waals surface area contributed by atoms with Crippen molar-refractivity contribution >= 4 is 11.8 Å². The van der Waals surface area contributed by atoms with Crippen molar-refractivity contribution in [3.8, 4) is 0 Å². The normalized spacial score (nSPS) is 18.5. The summed E-state index contributed by atoms with van der Waals surface area (Å²) in [5.74, 6) is 1.26. The number of anilines is 2. The molecule has 1 saturated heterocycles. The van der Waals surface area contributed by atoms with E-state index in [9.17, 15) is 0 Å². The summed E-state index contributed by atoms with van der Waals surface area (Å²) >= 11 is 0. The molecule has 0 radical (unpaired) electrons. The van der Waals surface area contributed by atoms with Crippen LogP contribution >= 0.6 is 0 Å². The molecule has 3 heterocycles. The first-order chi connectivity index (χ1) is 9.97. The molecular formula is C15H22N6. The predicted molar refractivity (Wildman–Crippen MR) is 83.2 cm³/mol. The molecular weight excluding hydrogens is 264 g/mol. The number of nitrogen functional groups attached to an aromatic ring is 1. The smallest absolute Gasteiger partial charge is 0.222 e. The quantitative estimate of drug-likeness (QED) is 0.914. The topological polar surface area (TPSA) is 72.9 Å². The van der Waals surface area contributed by atoms with Crippen molar-refractivity contribution in [2.24, 2.45) is 7.05 Å². The minimum absolute atomic E-state index is 0.326. The van der Waals surface area contributed by atoms with E-state index in [1.165, 1.54) is 11.3 Å². The Hall–Kier alpha value is -2.11. The number of nitrogens with two attached hydrogens (primary N) is 1. The van der Waals surface area contributed by atoms with E-state index in [1.807, 2.05) is 24.7 Å². The Morgan fingerprint density at radius 3 is 2.62 bits per heavy atom. The molecule has 21 heavy (non-hydrogen) atoms. The fraction of sp³-hybridized carbons (Fsp3) is 0.533. The summed E-state index contributed by atoms with van der Waals surface area (Å²) in [4.78, 5) is 10.9. The van der Waals surface area contributed by atoms with Gasteiger partial charge in [0, 0.05) is 36.6 Å². The number of aryl methyl sites for hydroxylation is 3. The van der Waals surface area contributed by atoms with Crippen LogP contribution in [0.3, 0.4) is 0 Å². The zero-order chi connectivity index (χ0) is 15.1. The standard InChI is InChI=1S/C15H22N6/c1-9-8-13(18-15(16)17-9)21-7-5-6-12(21)14-10(2)19-20(4)11(14)3/h8,12H,5-7H2,1-4H3,(H2,16,17,18)/t12-/m1/s1. The molecule has 0 saturated carbocycles. The predicted octanol–water partition coefficient (Wildman–Crippen LogP) is 2.06. The summed E-state index contributed by atoms with van der Waals surface area (Å²) in [5, 5.41) is 4.55. The highest BCUT2D eigenvalue weighted by molar-refractivity contribution is 5.48. The first-order valence-electron chi connectivity index (χ1n) is 7.35.